The molecular weight excluding hydrogens is 274 g/mol. The summed E-state index contributed by atoms with van der Waals surface area (Å²) < 4.78 is 7.50. The zero-order valence-corrected chi connectivity index (χ0v) is 12.7. The molecule has 112 valence electrons. The quantitative estimate of drug-likeness (QED) is 0.741. The molecule has 0 saturated heterocycles. The van der Waals surface area contributed by atoms with E-state index in [0.717, 1.165) is 32.0 Å². The summed E-state index contributed by atoms with van der Waals surface area (Å²) in [7, 11) is 0. The van der Waals surface area contributed by atoms with Gasteiger partial charge in [-0.3, -0.25) is 4.90 Å². The monoisotopic (exact) mass is 293 g/mol. The molecule has 0 spiro atoms. The van der Waals surface area contributed by atoms with Gasteiger partial charge in [-0.15, -0.1) is 0 Å². The second-order valence-corrected chi connectivity index (χ2v) is 5.92. The standard InChI is InChI=1S/C18H19N3O/c1-14-3-2-4-16(9-14)17-10-19-18-12-20(6-7-21(17)18)11-15-5-8-22-13-15/h2-5,8-10,13H,6-7,11-12H2,1H3. The van der Waals surface area contributed by atoms with Gasteiger partial charge in [-0.2, -0.15) is 0 Å². The van der Waals surface area contributed by atoms with Gasteiger partial charge < -0.3 is 8.98 Å². The van der Waals surface area contributed by atoms with Crippen LogP contribution in [0.2, 0.25) is 0 Å². The first-order chi connectivity index (χ1) is 10.8. The van der Waals surface area contributed by atoms with Crippen LogP contribution in [0.25, 0.3) is 11.3 Å². The van der Waals surface area contributed by atoms with Crippen molar-refractivity contribution in [2.75, 3.05) is 6.54 Å². The second kappa shape index (κ2) is 5.46. The van der Waals surface area contributed by atoms with Gasteiger partial charge in [0.25, 0.3) is 0 Å². The third-order valence-electron chi connectivity index (χ3n) is 4.24. The van der Waals surface area contributed by atoms with Crippen molar-refractivity contribution >= 4 is 0 Å². The number of aromatic nitrogens is 2. The highest BCUT2D eigenvalue weighted by molar-refractivity contribution is 5.60. The fraction of sp³-hybridized carbons (Fsp3) is 0.278. The van der Waals surface area contributed by atoms with Crippen molar-refractivity contribution in [2.45, 2.75) is 26.6 Å². The third-order valence-corrected chi connectivity index (χ3v) is 4.24. The minimum atomic E-state index is 0.886. The zero-order chi connectivity index (χ0) is 14.9. The maximum absolute atomic E-state index is 5.15. The molecule has 1 aliphatic rings. The second-order valence-electron chi connectivity index (χ2n) is 5.92. The Morgan fingerprint density at radius 1 is 1.23 bits per heavy atom. The predicted molar refractivity (Wildman–Crippen MR) is 85.2 cm³/mol. The lowest BCUT2D eigenvalue weighted by Gasteiger charge is -2.28. The van der Waals surface area contributed by atoms with Gasteiger partial charge in [0, 0.05) is 30.8 Å². The van der Waals surface area contributed by atoms with E-state index in [0.29, 0.717) is 0 Å². The van der Waals surface area contributed by atoms with Crippen LogP contribution in [-0.4, -0.2) is 21.0 Å². The van der Waals surface area contributed by atoms with Crippen molar-refractivity contribution in [1.82, 2.24) is 14.5 Å². The SMILES string of the molecule is Cc1cccc(-c2cnc3n2CCN(Cc2ccoc2)C3)c1. The van der Waals surface area contributed by atoms with Crippen LogP contribution in [0.3, 0.4) is 0 Å². The van der Waals surface area contributed by atoms with E-state index in [1.165, 1.54) is 22.4 Å². The van der Waals surface area contributed by atoms with Gasteiger partial charge in [0.2, 0.25) is 0 Å². The van der Waals surface area contributed by atoms with Crippen LogP contribution in [0, 0.1) is 6.92 Å². The minimum absolute atomic E-state index is 0.886. The van der Waals surface area contributed by atoms with E-state index in [1.807, 2.05) is 18.5 Å². The summed E-state index contributed by atoms with van der Waals surface area (Å²) in [6.45, 7) is 5.95. The van der Waals surface area contributed by atoms with Gasteiger partial charge >= 0.3 is 0 Å². The van der Waals surface area contributed by atoms with E-state index in [4.69, 9.17) is 4.42 Å². The fourth-order valence-electron chi connectivity index (χ4n) is 3.12. The molecule has 1 aliphatic heterocycles. The molecule has 3 aromatic rings. The van der Waals surface area contributed by atoms with Gasteiger partial charge in [0.05, 0.1) is 31.0 Å². The van der Waals surface area contributed by atoms with E-state index >= 15 is 0 Å². The highest BCUT2D eigenvalue weighted by atomic mass is 16.3. The number of imidazole rings is 1. The Labute approximate surface area is 130 Å². The Morgan fingerprint density at radius 2 is 2.18 bits per heavy atom. The van der Waals surface area contributed by atoms with Crippen molar-refractivity contribution in [1.29, 1.82) is 0 Å². The van der Waals surface area contributed by atoms with Crippen LogP contribution in [-0.2, 0) is 19.6 Å². The molecule has 4 heteroatoms. The lowest BCUT2D eigenvalue weighted by Crippen LogP contribution is -2.33. The highest BCUT2D eigenvalue weighted by Crippen LogP contribution is 2.25. The van der Waals surface area contributed by atoms with Gasteiger partial charge in [-0.1, -0.05) is 23.8 Å². The molecule has 0 unspecified atom stereocenters. The number of hydrogen-bond acceptors (Lipinski definition) is 3. The van der Waals surface area contributed by atoms with Crippen molar-refractivity contribution < 1.29 is 4.42 Å². The largest absolute Gasteiger partial charge is 0.472 e. The molecule has 2 aromatic heterocycles. The normalized spacial score (nSPS) is 15.0. The molecule has 0 saturated carbocycles. The topological polar surface area (TPSA) is 34.2 Å². The number of hydrogen-bond donors (Lipinski definition) is 0. The average molecular weight is 293 g/mol. The summed E-state index contributed by atoms with van der Waals surface area (Å²) in [6.07, 6.45) is 5.56. The number of aryl methyl sites for hydroxylation is 1. The smallest absolute Gasteiger partial charge is 0.123 e. The number of rotatable bonds is 3. The van der Waals surface area contributed by atoms with E-state index in [9.17, 15) is 0 Å². The van der Waals surface area contributed by atoms with Crippen molar-refractivity contribution in [3.05, 3.63) is 66.0 Å². The Hall–Kier alpha value is -2.33. The zero-order valence-electron chi connectivity index (χ0n) is 12.7. The maximum Gasteiger partial charge on any atom is 0.123 e. The first kappa shape index (κ1) is 13.3. The van der Waals surface area contributed by atoms with Gasteiger partial charge in [-0.05, 0) is 19.1 Å². The van der Waals surface area contributed by atoms with Crippen LogP contribution in [0.4, 0.5) is 0 Å². The van der Waals surface area contributed by atoms with E-state index in [2.05, 4.69) is 45.6 Å². The van der Waals surface area contributed by atoms with Crippen molar-refractivity contribution in [3.8, 4) is 11.3 Å². The molecule has 22 heavy (non-hydrogen) atoms. The minimum Gasteiger partial charge on any atom is -0.472 e. The number of fused-ring (bicyclic) bond motifs is 1. The highest BCUT2D eigenvalue weighted by Gasteiger charge is 2.20. The lowest BCUT2D eigenvalue weighted by atomic mass is 10.1. The maximum atomic E-state index is 5.15. The molecule has 0 atom stereocenters. The number of furan rings is 1. The van der Waals surface area contributed by atoms with Crippen LogP contribution >= 0.6 is 0 Å². The molecule has 4 nitrogen and oxygen atoms in total. The first-order valence-electron chi connectivity index (χ1n) is 7.64. The molecule has 4 rings (SSSR count). The van der Waals surface area contributed by atoms with E-state index in [-0.39, 0.29) is 0 Å². The Morgan fingerprint density at radius 3 is 3.00 bits per heavy atom. The van der Waals surface area contributed by atoms with E-state index in [1.54, 1.807) is 6.26 Å². The molecule has 1 aromatic carbocycles. The summed E-state index contributed by atoms with van der Waals surface area (Å²) in [5, 5.41) is 0. The van der Waals surface area contributed by atoms with Crippen molar-refractivity contribution in [2.24, 2.45) is 0 Å². The van der Waals surface area contributed by atoms with Gasteiger partial charge in [-0.25, -0.2) is 4.98 Å². The molecular formula is C18H19N3O. The van der Waals surface area contributed by atoms with Crippen LogP contribution in [0.15, 0.2) is 53.5 Å². The third kappa shape index (κ3) is 2.46. The van der Waals surface area contributed by atoms with Crippen LogP contribution in [0.5, 0.6) is 0 Å². The molecule has 0 radical (unpaired) electrons. The first-order valence-corrected chi connectivity index (χ1v) is 7.64. The van der Waals surface area contributed by atoms with Crippen LogP contribution < -0.4 is 0 Å². The summed E-state index contributed by atoms with van der Waals surface area (Å²) in [5.74, 6) is 1.14. The number of nitrogens with zero attached hydrogens (tertiary/aromatic N) is 3. The molecule has 3 heterocycles. The molecule has 0 fully saturated rings. The van der Waals surface area contributed by atoms with Gasteiger partial charge in [0.1, 0.15) is 5.82 Å². The summed E-state index contributed by atoms with van der Waals surface area (Å²) in [6, 6.07) is 10.7. The fourth-order valence-corrected chi connectivity index (χ4v) is 3.12. The molecule has 0 N–H and O–H groups in total. The average Bonchev–Trinajstić information content (AvgIpc) is 3.16. The molecule has 0 aliphatic carbocycles. The summed E-state index contributed by atoms with van der Waals surface area (Å²) in [5.41, 5.74) is 4.98. The summed E-state index contributed by atoms with van der Waals surface area (Å²) in [4.78, 5) is 7.05. The molecule has 0 amide bonds. The molecule has 0 bridgehead atoms. The number of benzene rings is 1. The van der Waals surface area contributed by atoms with Crippen molar-refractivity contribution in [3.63, 3.8) is 0 Å². The van der Waals surface area contributed by atoms with Gasteiger partial charge in [0.15, 0.2) is 0 Å². The Kier molecular flexibility index (Phi) is 3.31. The van der Waals surface area contributed by atoms with Crippen LogP contribution in [0.1, 0.15) is 17.0 Å². The Balaban J connectivity index is 1.57. The van der Waals surface area contributed by atoms with E-state index < -0.39 is 0 Å². The lowest BCUT2D eigenvalue weighted by molar-refractivity contribution is 0.209. The summed E-state index contributed by atoms with van der Waals surface area (Å²) >= 11 is 0. The Bertz CT molecular complexity index is 773. The predicted octanol–water partition coefficient (Wildman–Crippen LogP) is 3.47.